The summed E-state index contributed by atoms with van der Waals surface area (Å²) in [4.78, 5) is 4.47. The minimum atomic E-state index is 0.897. The average molecular weight is 216 g/mol. The standard InChI is InChI=1S/C12H16N4/c1-2-10(3-1)4-7-13-11-6-9-16-12(15-11)5-8-14-16/h5-6,8-10H,1-4,7H2,(H,13,15). The van der Waals surface area contributed by atoms with Crippen LogP contribution in [-0.4, -0.2) is 21.1 Å². The van der Waals surface area contributed by atoms with Crippen molar-refractivity contribution in [2.24, 2.45) is 5.92 Å². The van der Waals surface area contributed by atoms with Gasteiger partial charge in [0.15, 0.2) is 5.65 Å². The maximum Gasteiger partial charge on any atom is 0.157 e. The molecule has 2 heterocycles. The highest BCUT2D eigenvalue weighted by atomic mass is 15.2. The van der Waals surface area contributed by atoms with Crippen LogP contribution in [0.3, 0.4) is 0 Å². The number of anilines is 1. The first-order valence-electron chi connectivity index (χ1n) is 5.96. The third-order valence-corrected chi connectivity index (χ3v) is 3.34. The monoisotopic (exact) mass is 216 g/mol. The number of rotatable bonds is 4. The number of nitrogens with zero attached hydrogens (tertiary/aromatic N) is 3. The second kappa shape index (κ2) is 4.12. The van der Waals surface area contributed by atoms with E-state index in [0.29, 0.717) is 0 Å². The van der Waals surface area contributed by atoms with E-state index in [-0.39, 0.29) is 0 Å². The van der Waals surface area contributed by atoms with Crippen LogP contribution in [0.5, 0.6) is 0 Å². The van der Waals surface area contributed by atoms with Crippen LogP contribution in [0.15, 0.2) is 24.5 Å². The third kappa shape index (κ3) is 1.87. The molecule has 84 valence electrons. The Morgan fingerprint density at radius 1 is 1.38 bits per heavy atom. The average Bonchev–Trinajstić information content (AvgIpc) is 2.68. The summed E-state index contributed by atoms with van der Waals surface area (Å²) in [6.07, 6.45) is 9.22. The second-order valence-corrected chi connectivity index (χ2v) is 4.46. The summed E-state index contributed by atoms with van der Waals surface area (Å²) in [5, 5.41) is 7.49. The third-order valence-electron chi connectivity index (χ3n) is 3.34. The molecular formula is C12H16N4. The van der Waals surface area contributed by atoms with Gasteiger partial charge in [-0.15, -0.1) is 0 Å². The predicted molar refractivity (Wildman–Crippen MR) is 63.4 cm³/mol. The maximum atomic E-state index is 4.47. The van der Waals surface area contributed by atoms with Gasteiger partial charge in [0.05, 0.1) is 6.20 Å². The van der Waals surface area contributed by atoms with E-state index in [0.717, 1.165) is 23.9 Å². The van der Waals surface area contributed by atoms with E-state index in [4.69, 9.17) is 0 Å². The lowest BCUT2D eigenvalue weighted by Crippen LogP contribution is -2.16. The Kier molecular flexibility index (Phi) is 2.48. The van der Waals surface area contributed by atoms with Crippen molar-refractivity contribution in [3.8, 4) is 0 Å². The van der Waals surface area contributed by atoms with Gasteiger partial charge in [0, 0.05) is 18.8 Å². The van der Waals surface area contributed by atoms with Crippen LogP contribution >= 0.6 is 0 Å². The number of aromatic nitrogens is 3. The van der Waals surface area contributed by atoms with E-state index in [1.807, 2.05) is 18.3 Å². The molecule has 2 aromatic rings. The highest BCUT2D eigenvalue weighted by Gasteiger charge is 2.16. The Bertz CT molecular complexity index is 473. The summed E-state index contributed by atoms with van der Waals surface area (Å²) in [6, 6.07) is 3.89. The minimum absolute atomic E-state index is 0.897. The first-order valence-corrected chi connectivity index (χ1v) is 5.96. The van der Waals surface area contributed by atoms with Crippen LogP contribution in [0, 0.1) is 5.92 Å². The zero-order chi connectivity index (χ0) is 10.8. The molecule has 4 heteroatoms. The van der Waals surface area contributed by atoms with E-state index in [1.165, 1.54) is 25.7 Å². The normalized spacial score (nSPS) is 16.2. The molecular weight excluding hydrogens is 200 g/mol. The Hall–Kier alpha value is -1.58. The molecule has 1 aliphatic carbocycles. The van der Waals surface area contributed by atoms with Gasteiger partial charge in [0.2, 0.25) is 0 Å². The van der Waals surface area contributed by atoms with Gasteiger partial charge in [-0.1, -0.05) is 19.3 Å². The fourth-order valence-corrected chi connectivity index (χ4v) is 2.10. The summed E-state index contributed by atoms with van der Waals surface area (Å²) >= 11 is 0. The van der Waals surface area contributed by atoms with Gasteiger partial charge in [-0.2, -0.15) is 5.10 Å². The smallest absolute Gasteiger partial charge is 0.157 e. The van der Waals surface area contributed by atoms with Crippen molar-refractivity contribution in [1.29, 1.82) is 0 Å². The SMILES string of the molecule is c1cc2nc(NCCC3CCC3)ccn2n1. The molecule has 0 spiro atoms. The molecule has 1 fully saturated rings. The van der Waals surface area contributed by atoms with Gasteiger partial charge in [-0.3, -0.25) is 0 Å². The number of hydrogen-bond acceptors (Lipinski definition) is 3. The molecule has 1 N–H and O–H groups in total. The first-order chi connectivity index (χ1) is 7.92. The van der Waals surface area contributed by atoms with Crippen molar-refractivity contribution in [1.82, 2.24) is 14.6 Å². The van der Waals surface area contributed by atoms with Crippen molar-refractivity contribution in [2.75, 3.05) is 11.9 Å². The van der Waals surface area contributed by atoms with E-state index in [1.54, 1.807) is 10.7 Å². The first kappa shape index (κ1) is 9.63. The quantitative estimate of drug-likeness (QED) is 0.853. The maximum absolute atomic E-state index is 4.47. The molecule has 0 aliphatic heterocycles. The van der Waals surface area contributed by atoms with Crippen molar-refractivity contribution in [3.63, 3.8) is 0 Å². The zero-order valence-corrected chi connectivity index (χ0v) is 9.26. The van der Waals surface area contributed by atoms with E-state index in [9.17, 15) is 0 Å². The lowest BCUT2D eigenvalue weighted by molar-refractivity contribution is 0.303. The molecule has 3 rings (SSSR count). The molecule has 1 saturated carbocycles. The second-order valence-electron chi connectivity index (χ2n) is 4.46. The minimum Gasteiger partial charge on any atom is -0.370 e. The Morgan fingerprint density at radius 2 is 2.31 bits per heavy atom. The largest absolute Gasteiger partial charge is 0.370 e. The van der Waals surface area contributed by atoms with E-state index < -0.39 is 0 Å². The highest BCUT2D eigenvalue weighted by Crippen LogP contribution is 2.29. The molecule has 0 radical (unpaired) electrons. The fraction of sp³-hybridized carbons (Fsp3) is 0.500. The Morgan fingerprint density at radius 3 is 3.12 bits per heavy atom. The molecule has 16 heavy (non-hydrogen) atoms. The summed E-state index contributed by atoms with van der Waals surface area (Å²) in [5.74, 6) is 1.90. The van der Waals surface area contributed by atoms with Gasteiger partial charge in [0.1, 0.15) is 5.82 Å². The molecule has 0 aromatic carbocycles. The van der Waals surface area contributed by atoms with Gasteiger partial charge in [-0.25, -0.2) is 9.50 Å². The summed E-state index contributed by atoms with van der Waals surface area (Å²) in [6.45, 7) is 1.03. The van der Waals surface area contributed by atoms with Gasteiger partial charge in [-0.05, 0) is 18.4 Å². The van der Waals surface area contributed by atoms with E-state index >= 15 is 0 Å². The predicted octanol–water partition coefficient (Wildman–Crippen LogP) is 2.33. The molecule has 0 atom stereocenters. The number of fused-ring (bicyclic) bond motifs is 1. The molecule has 0 saturated heterocycles. The van der Waals surface area contributed by atoms with Crippen molar-refractivity contribution in [3.05, 3.63) is 24.5 Å². The van der Waals surface area contributed by atoms with Crippen LogP contribution in [0.1, 0.15) is 25.7 Å². The van der Waals surface area contributed by atoms with Crippen LogP contribution < -0.4 is 5.32 Å². The Balaban J connectivity index is 1.60. The van der Waals surface area contributed by atoms with Crippen LogP contribution in [-0.2, 0) is 0 Å². The molecule has 0 amide bonds. The van der Waals surface area contributed by atoms with Gasteiger partial charge < -0.3 is 5.32 Å². The molecule has 4 nitrogen and oxygen atoms in total. The van der Waals surface area contributed by atoms with Crippen molar-refractivity contribution < 1.29 is 0 Å². The van der Waals surface area contributed by atoms with Crippen LogP contribution in [0.2, 0.25) is 0 Å². The summed E-state index contributed by atoms with van der Waals surface area (Å²) in [7, 11) is 0. The lowest BCUT2D eigenvalue weighted by atomic mass is 9.83. The lowest BCUT2D eigenvalue weighted by Gasteiger charge is -2.25. The number of nitrogens with one attached hydrogen (secondary N) is 1. The number of hydrogen-bond donors (Lipinski definition) is 1. The molecule has 0 unspecified atom stereocenters. The molecule has 2 aromatic heterocycles. The van der Waals surface area contributed by atoms with Gasteiger partial charge in [0.25, 0.3) is 0 Å². The van der Waals surface area contributed by atoms with Gasteiger partial charge >= 0.3 is 0 Å². The zero-order valence-electron chi connectivity index (χ0n) is 9.26. The van der Waals surface area contributed by atoms with Crippen molar-refractivity contribution in [2.45, 2.75) is 25.7 Å². The Labute approximate surface area is 94.7 Å². The fourth-order valence-electron chi connectivity index (χ4n) is 2.10. The summed E-state index contributed by atoms with van der Waals surface area (Å²) in [5.41, 5.74) is 0.897. The molecule has 1 aliphatic rings. The highest BCUT2D eigenvalue weighted by molar-refractivity contribution is 5.45. The van der Waals surface area contributed by atoms with E-state index in [2.05, 4.69) is 15.4 Å². The van der Waals surface area contributed by atoms with Crippen LogP contribution in [0.25, 0.3) is 5.65 Å². The van der Waals surface area contributed by atoms with Crippen LogP contribution in [0.4, 0.5) is 5.82 Å². The summed E-state index contributed by atoms with van der Waals surface area (Å²) < 4.78 is 1.77. The topological polar surface area (TPSA) is 42.2 Å². The molecule has 0 bridgehead atoms. The van der Waals surface area contributed by atoms with Crippen molar-refractivity contribution >= 4 is 11.5 Å².